The molecule has 0 spiro atoms. The van der Waals surface area contributed by atoms with Crippen LogP contribution < -0.4 is 5.11 Å². The van der Waals surface area contributed by atoms with E-state index >= 15 is 0 Å². The van der Waals surface area contributed by atoms with Gasteiger partial charge < -0.3 is 93.8 Å². The summed E-state index contributed by atoms with van der Waals surface area (Å²) in [7, 11) is 1.07. The number of rotatable bonds is 8. The van der Waals surface area contributed by atoms with E-state index in [1.165, 1.54) is 0 Å². The molecule has 19 heteroatoms. The number of aliphatic hydroxyl groups is 9. The molecule has 4 heterocycles. The molecule has 0 saturated carbocycles. The first-order valence-corrected chi connectivity index (χ1v) is 12.7. The van der Waals surface area contributed by atoms with Crippen LogP contribution in [0.5, 0.6) is 0 Å². The molecule has 4 fully saturated rings. The zero-order valence-electron chi connectivity index (χ0n) is 21.5. The topological polar surface area (TPSA) is 296 Å². The average molecular weight is 604 g/mol. The van der Waals surface area contributed by atoms with Gasteiger partial charge in [-0.1, -0.05) is 0 Å². The van der Waals surface area contributed by atoms with Crippen LogP contribution in [0.25, 0.3) is 0 Å². The van der Waals surface area contributed by atoms with Crippen molar-refractivity contribution < 1.29 is 93.8 Å². The number of carboxylic acids is 1. The minimum atomic E-state index is -1.91. The summed E-state index contributed by atoms with van der Waals surface area (Å²) in [4.78, 5) is 11.5. The van der Waals surface area contributed by atoms with Crippen LogP contribution in [-0.4, -0.2) is 183 Å². The van der Waals surface area contributed by atoms with Crippen LogP contribution in [0.15, 0.2) is 0 Å². The van der Waals surface area contributed by atoms with E-state index in [2.05, 4.69) is 0 Å². The van der Waals surface area contributed by atoms with Crippen LogP contribution in [0.2, 0.25) is 0 Å². The van der Waals surface area contributed by atoms with E-state index < -0.39 is 124 Å². The Balaban J connectivity index is 1.41. The Morgan fingerprint density at radius 3 is 1.83 bits per heavy atom. The molecule has 4 saturated heterocycles. The predicted octanol–water partition coefficient (Wildman–Crippen LogP) is -8.42. The fraction of sp³-hybridized carbons (Fsp3) is 0.955. The van der Waals surface area contributed by atoms with Crippen LogP contribution >= 0.6 is 0 Å². The Kier molecular flexibility index (Phi) is 10.9. The summed E-state index contributed by atoms with van der Waals surface area (Å²) < 4.78 is 42.3. The van der Waals surface area contributed by atoms with E-state index in [4.69, 9.17) is 37.9 Å². The van der Waals surface area contributed by atoms with Gasteiger partial charge in [-0.15, -0.1) is 0 Å². The lowest BCUT2D eigenvalue weighted by molar-refractivity contribution is -0.382. The summed E-state index contributed by atoms with van der Waals surface area (Å²) >= 11 is 0. The molecule has 17 atom stereocenters. The molecule has 0 radical (unpaired) electrons. The van der Waals surface area contributed by atoms with Crippen LogP contribution in [0.1, 0.15) is 0 Å². The molecule has 0 aromatic rings. The van der Waals surface area contributed by atoms with Gasteiger partial charge >= 0.3 is 0 Å². The van der Waals surface area contributed by atoms with Gasteiger partial charge in [0, 0.05) is 7.11 Å². The van der Waals surface area contributed by atoms with E-state index in [9.17, 15) is 55.9 Å². The summed E-state index contributed by atoms with van der Waals surface area (Å²) in [5.41, 5.74) is 0. The molecule has 4 rings (SSSR count). The smallest absolute Gasteiger partial charge is 0.187 e. The summed E-state index contributed by atoms with van der Waals surface area (Å²) in [6, 6.07) is 0. The van der Waals surface area contributed by atoms with Crippen molar-refractivity contribution in [2.75, 3.05) is 26.9 Å². The zero-order chi connectivity index (χ0) is 30.2. The Labute approximate surface area is 231 Å². The highest BCUT2D eigenvalue weighted by Crippen LogP contribution is 2.31. The predicted molar refractivity (Wildman–Crippen MR) is 119 cm³/mol. The number of carbonyl (C=O) groups excluding carboxylic acids is 1. The fourth-order valence-electron chi connectivity index (χ4n) is 4.84. The van der Waals surface area contributed by atoms with Gasteiger partial charge in [0.15, 0.2) is 25.2 Å². The van der Waals surface area contributed by atoms with Gasteiger partial charge in [-0.25, -0.2) is 0 Å². The van der Waals surface area contributed by atoms with Gasteiger partial charge in [0.05, 0.1) is 25.8 Å². The molecule has 9 N–H and O–H groups in total. The third-order valence-corrected chi connectivity index (χ3v) is 7.28. The molecule has 238 valence electrons. The first kappa shape index (κ1) is 32.7. The van der Waals surface area contributed by atoms with Crippen molar-refractivity contribution in [3.8, 4) is 0 Å². The first-order chi connectivity index (χ1) is 19.3. The standard InChI is InChI=1S/C22H36O19/c1-34-15-11(27)14(30)21(41-17(15)18(31)32)40-16-8(24)5(23)2-36-22(16)39-7-4-37-20(13(29)10(7)26)38-6-3-35-19(33)12(28)9(6)25/h5-17,19-30,33H,2-4H2,1H3,(H,31,32)/p-1/t5-,6-,7-,8+,9+,10+,11-,12-,13-,14-,15+,16-,17+,19-,20+,21+,22+/m1/s1. The summed E-state index contributed by atoms with van der Waals surface area (Å²) in [5, 5.41) is 103. The van der Waals surface area contributed by atoms with Crippen LogP contribution in [0.4, 0.5) is 0 Å². The molecular formula is C22H35O19-. The Morgan fingerprint density at radius 2 is 1.20 bits per heavy atom. The Hall–Kier alpha value is -1.21. The number of ether oxygens (including phenoxy) is 8. The molecule has 0 amide bonds. The normalized spacial score (nSPS) is 51.3. The minimum absolute atomic E-state index is 0.370. The molecule has 0 unspecified atom stereocenters. The van der Waals surface area contributed by atoms with E-state index in [1.807, 2.05) is 0 Å². The first-order valence-electron chi connectivity index (χ1n) is 12.7. The van der Waals surface area contributed by atoms with Crippen molar-refractivity contribution in [2.45, 2.75) is 105 Å². The van der Waals surface area contributed by atoms with Gasteiger partial charge in [0.1, 0.15) is 79.4 Å². The second-order valence-electron chi connectivity index (χ2n) is 10.0. The summed E-state index contributed by atoms with van der Waals surface area (Å²) in [6.07, 6.45) is -28.3. The van der Waals surface area contributed by atoms with Crippen LogP contribution in [0, 0.1) is 0 Å². The van der Waals surface area contributed by atoms with E-state index in [1.54, 1.807) is 0 Å². The van der Waals surface area contributed by atoms with Gasteiger partial charge in [0.2, 0.25) is 0 Å². The highest BCUT2D eigenvalue weighted by molar-refractivity contribution is 5.71. The number of hydrogen-bond donors (Lipinski definition) is 9. The zero-order valence-corrected chi connectivity index (χ0v) is 21.5. The van der Waals surface area contributed by atoms with Gasteiger partial charge in [-0.05, 0) is 0 Å². The van der Waals surface area contributed by atoms with E-state index in [0.29, 0.717) is 0 Å². The van der Waals surface area contributed by atoms with Crippen molar-refractivity contribution in [3.63, 3.8) is 0 Å². The van der Waals surface area contributed by atoms with Gasteiger partial charge in [-0.3, -0.25) is 0 Å². The SMILES string of the molecule is CO[C@H]1[C@H](O)[C@@H](O)[C@@H](O[C@H]2[C@H](O[C@@H]3CO[C@@H](O[C@@H]4CO[C@@H](O)[C@H](O)[C@H]4O)[C@H](O)[C@H]3O)OC[C@@H](O)[C@@H]2O)O[C@@H]1C(=O)[O-]. The van der Waals surface area contributed by atoms with Crippen LogP contribution in [0.3, 0.4) is 0 Å². The molecule has 0 aromatic carbocycles. The summed E-state index contributed by atoms with van der Waals surface area (Å²) in [6.45, 7) is -1.32. The van der Waals surface area contributed by atoms with E-state index in [0.717, 1.165) is 7.11 Å². The van der Waals surface area contributed by atoms with Gasteiger partial charge in [-0.2, -0.15) is 0 Å². The largest absolute Gasteiger partial charge is 0.547 e. The molecule has 4 aliphatic rings. The molecule has 41 heavy (non-hydrogen) atoms. The lowest BCUT2D eigenvalue weighted by Gasteiger charge is -2.46. The molecule has 0 aromatic heterocycles. The Bertz CT molecular complexity index is 865. The second-order valence-corrected chi connectivity index (χ2v) is 10.0. The maximum Gasteiger partial charge on any atom is 0.187 e. The van der Waals surface area contributed by atoms with Crippen molar-refractivity contribution in [3.05, 3.63) is 0 Å². The number of aliphatic hydroxyl groups excluding tert-OH is 9. The molecular weight excluding hydrogens is 568 g/mol. The second kappa shape index (κ2) is 13.6. The van der Waals surface area contributed by atoms with Crippen molar-refractivity contribution in [2.24, 2.45) is 0 Å². The molecule has 0 bridgehead atoms. The van der Waals surface area contributed by atoms with Crippen molar-refractivity contribution in [1.29, 1.82) is 0 Å². The summed E-state index contributed by atoms with van der Waals surface area (Å²) in [5.74, 6) is -1.80. The quantitative estimate of drug-likeness (QED) is 0.124. The van der Waals surface area contributed by atoms with Crippen LogP contribution in [-0.2, 0) is 42.7 Å². The highest BCUT2D eigenvalue weighted by atomic mass is 16.8. The monoisotopic (exact) mass is 603 g/mol. The number of hydrogen-bond acceptors (Lipinski definition) is 19. The van der Waals surface area contributed by atoms with Gasteiger partial charge in [0.25, 0.3) is 0 Å². The Morgan fingerprint density at radius 1 is 0.634 bits per heavy atom. The number of carbonyl (C=O) groups is 1. The maximum absolute atomic E-state index is 11.5. The lowest BCUT2D eigenvalue weighted by Crippen LogP contribution is -2.66. The minimum Gasteiger partial charge on any atom is -0.547 e. The molecule has 4 aliphatic heterocycles. The maximum atomic E-state index is 11.5. The number of carboxylic acid groups (broad SMARTS) is 1. The number of methoxy groups -OCH3 is 1. The number of aliphatic carboxylic acids is 1. The highest BCUT2D eigenvalue weighted by Gasteiger charge is 2.52. The van der Waals surface area contributed by atoms with Crippen molar-refractivity contribution >= 4 is 5.97 Å². The molecule has 19 nitrogen and oxygen atoms in total. The van der Waals surface area contributed by atoms with Crippen molar-refractivity contribution in [1.82, 2.24) is 0 Å². The molecule has 0 aliphatic carbocycles. The van der Waals surface area contributed by atoms with E-state index in [-0.39, 0.29) is 6.61 Å². The lowest BCUT2D eigenvalue weighted by atomic mass is 9.98. The fourth-order valence-corrected chi connectivity index (χ4v) is 4.84. The third-order valence-electron chi connectivity index (χ3n) is 7.28. The average Bonchev–Trinajstić information content (AvgIpc) is 2.94. The third kappa shape index (κ3) is 6.81.